The van der Waals surface area contributed by atoms with Crippen LogP contribution >= 0.6 is 0 Å². The number of para-hydroxylation sites is 1. The Labute approximate surface area is 193 Å². The molecule has 2 atom stereocenters. The van der Waals surface area contributed by atoms with Gasteiger partial charge in [-0.2, -0.15) is 0 Å². The van der Waals surface area contributed by atoms with Crippen LogP contribution in [0.2, 0.25) is 0 Å². The molecule has 5 rings (SSSR count). The molecular formula is C25H30N6O2. The fraction of sp³-hybridized carbons (Fsp3) is 0.400. The highest BCUT2D eigenvalue weighted by atomic mass is 16.5. The van der Waals surface area contributed by atoms with E-state index < -0.39 is 5.54 Å². The summed E-state index contributed by atoms with van der Waals surface area (Å²) in [6.07, 6.45) is 2.92. The predicted molar refractivity (Wildman–Crippen MR) is 128 cm³/mol. The van der Waals surface area contributed by atoms with Crippen LogP contribution in [0.4, 0.5) is 0 Å². The standard InChI is InChI=1S/C25H30N6O2/c1-16(2)33-21-6-4-5-18-7-9-20(27-23(18)21)24-29-28-22-10-8-19(13-31(22)24)17(3)30-12-11-25(26,14-30)15-32/h4-10,13,16-17,32H,11-12,14-15,26H2,1-3H3/t17-,25+/m0/s1. The van der Waals surface area contributed by atoms with E-state index in [9.17, 15) is 5.11 Å². The first-order valence-electron chi connectivity index (χ1n) is 11.4. The Bertz CT molecular complexity index is 1300. The minimum Gasteiger partial charge on any atom is -0.489 e. The third kappa shape index (κ3) is 4.06. The van der Waals surface area contributed by atoms with E-state index in [4.69, 9.17) is 15.5 Å². The lowest BCUT2D eigenvalue weighted by atomic mass is 10.0. The number of aliphatic hydroxyl groups excluding tert-OH is 1. The molecule has 1 fully saturated rings. The Morgan fingerprint density at radius 3 is 2.73 bits per heavy atom. The zero-order valence-electron chi connectivity index (χ0n) is 19.3. The van der Waals surface area contributed by atoms with Crippen LogP contribution in [0, 0.1) is 0 Å². The third-order valence-electron chi connectivity index (χ3n) is 6.46. The topological polar surface area (TPSA) is 102 Å². The lowest BCUT2D eigenvalue weighted by molar-refractivity contribution is 0.180. The number of nitrogens with zero attached hydrogens (tertiary/aromatic N) is 5. The molecule has 0 amide bonds. The number of aliphatic hydroxyl groups is 1. The second kappa shape index (κ2) is 8.37. The maximum Gasteiger partial charge on any atom is 0.187 e. The fourth-order valence-electron chi connectivity index (χ4n) is 4.52. The summed E-state index contributed by atoms with van der Waals surface area (Å²) in [5, 5.41) is 19.4. The van der Waals surface area contributed by atoms with E-state index in [1.807, 2.05) is 54.6 Å². The highest BCUT2D eigenvalue weighted by Crippen LogP contribution is 2.30. The lowest BCUT2D eigenvalue weighted by Crippen LogP contribution is -2.46. The molecule has 1 aliphatic rings. The highest BCUT2D eigenvalue weighted by Gasteiger charge is 2.36. The van der Waals surface area contributed by atoms with Gasteiger partial charge in [0.15, 0.2) is 11.5 Å². The van der Waals surface area contributed by atoms with Crippen LogP contribution in [0.3, 0.4) is 0 Å². The van der Waals surface area contributed by atoms with Gasteiger partial charge >= 0.3 is 0 Å². The third-order valence-corrected chi connectivity index (χ3v) is 6.46. The molecule has 1 saturated heterocycles. The fourth-order valence-corrected chi connectivity index (χ4v) is 4.52. The molecule has 8 nitrogen and oxygen atoms in total. The number of pyridine rings is 2. The number of fused-ring (bicyclic) bond motifs is 2. The van der Waals surface area contributed by atoms with E-state index in [1.54, 1.807) is 0 Å². The molecule has 3 aromatic heterocycles. The summed E-state index contributed by atoms with van der Waals surface area (Å²) < 4.78 is 7.97. The van der Waals surface area contributed by atoms with Crippen molar-refractivity contribution in [1.82, 2.24) is 24.5 Å². The van der Waals surface area contributed by atoms with Gasteiger partial charge in [-0.15, -0.1) is 10.2 Å². The normalized spacial score (nSPS) is 20.2. The van der Waals surface area contributed by atoms with Gasteiger partial charge in [-0.1, -0.05) is 24.3 Å². The van der Waals surface area contributed by atoms with Crippen LogP contribution in [-0.2, 0) is 0 Å². The summed E-state index contributed by atoms with van der Waals surface area (Å²) in [5.74, 6) is 1.45. The Morgan fingerprint density at radius 1 is 1.12 bits per heavy atom. The maximum absolute atomic E-state index is 9.63. The van der Waals surface area contributed by atoms with E-state index in [0.29, 0.717) is 12.4 Å². The quantitative estimate of drug-likeness (QED) is 0.469. The van der Waals surface area contributed by atoms with Crippen molar-refractivity contribution < 1.29 is 9.84 Å². The number of nitrogens with two attached hydrogens (primary N) is 1. The molecule has 3 N–H and O–H groups in total. The van der Waals surface area contributed by atoms with E-state index in [1.165, 1.54) is 0 Å². The molecule has 0 saturated carbocycles. The Kier molecular flexibility index (Phi) is 5.52. The van der Waals surface area contributed by atoms with Crippen LogP contribution in [0.15, 0.2) is 48.7 Å². The van der Waals surface area contributed by atoms with E-state index in [-0.39, 0.29) is 18.8 Å². The minimum atomic E-state index is -0.523. The van der Waals surface area contributed by atoms with Crippen molar-refractivity contribution in [3.63, 3.8) is 0 Å². The van der Waals surface area contributed by atoms with Crippen molar-refractivity contribution >= 4 is 16.6 Å². The molecular weight excluding hydrogens is 416 g/mol. The van der Waals surface area contributed by atoms with Crippen LogP contribution in [0.1, 0.15) is 38.8 Å². The van der Waals surface area contributed by atoms with Gasteiger partial charge in [-0.25, -0.2) is 4.98 Å². The molecule has 0 aliphatic carbocycles. The molecule has 4 heterocycles. The molecule has 1 aliphatic heterocycles. The van der Waals surface area contributed by atoms with Crippen LogP contribution in [-0.4, -0.2) is 60.9 Å². The molecule has 172 valence electrons. The van der Waals surface area contributed by atoms with E-state index in [0.717, 1.165) is 46.5 Å². The average molecular weight is 447 g/mol. The highest BCUT2D eigenvalue weighted by molar-refractivity contribution is 5.86. The first kappa shape index (κ1) is 21.8. The first-order valence-corrected chi connectivity index (χ1v) is 11.4. The average Bonchev–Trinajstić information content (AvgIpc) is 3.42. The molecule has 4 aromatic rings. The van der Waals surface area contributed by atoms with Crippen molar-refractivity contribution in [2.45, 2.75) is 44.9 Å². The van der Waals surface area contributed by atoms with Gasteiger partial charge < -0.3 is 15.6 Å². The summed E-state index contributed by atoms with van der Waals surface area (Å²) in [6.45, 7) is 7.71. The van der Waals surface area contributed by atoms with Crippen LogP contribution < -0.4 is 10.5 Å². The number of hydrogen-bond acceptors (Lipinski definition) is 7. The van der Waals surface area contributed by atoms with Crippen molar-refractivity contribution in [3.8, 4) is 17.3 Å². The number of rotatable bonds is 6. The van der Waals surface area contributed by atoms with Crippen LogP contribution in [0.25, 0.3) is 28.1 Å². The lowest BCUT2D eigenvalue weighted by Gasteiger charge is -2.27. The zero-order valence-corrected chi connectivity index (χ0v) is 19.3. The second-order valence-corrected chi connectivity index (χ2v) is 9.32. The van der Waals surface area contributed by atoms with Crippen LogP contribution in [0.5, 0.6) is 5.75 Å². The Morgan fingerprint density at radius 2 is 1.97 bits per heavy atom. The van der Waals surface area contributed by atoms with Crippen molar-refractivity contribution in [2.24, 2.45) is 5.73 Å². The smallest absolute Gasteiger partial charge is 0.187 e. The molecule has 1 aromatic carbocycles. The van der Waals surface area contributed by atoms with Crippen molar-refractivity contribution in [3.05, 3.63) is 54.2 Å². The Hall–Kier alpha value is -3.07. The van der Waals surface area contributed by atoms with Gasteiger partial charge in [0, 0.05) is 30.7 Å². The molecule has 8 heteroatoms. The van der Waals surface area contributed by atoms with Gasteiger partial charge in [0.05, 0.1) is 18.2 Å². The summed E-state index contributed by atoms with van der Waals surface area (Å²) in [7, 11) is 0. The zero-order chi connectivity index (χ0) is 23.2. The van der Waals surface area contributed by atoms with Gasteiger partial charge in [0.2, 0.25) is 0 Å². The largest absolute Gasteiger partial charge is 0.489 e. The number of benzene rings is 1. The van der Waals surface area contributed by atoms with Crippen molar-refractivity contribution in [1.29, 1.82) is 0 Å². The van der Waals surface area contributed by atoms with Gasteiger partial charge in [-0.3, -0.25) is 9.30 Å². The van der Waals surface area contributed by atoms with E-state index >= 15 is 0 Å². The van der Waals surface area contributed by atoms with Gasteiger partial charge in [0.1, 0.15) is 17.0 Å². The molecule has 33 heavy (non-hydrogen) atoms. The van der Waals surface area contributed by atoms with Gasteiger partial charge in [0.25, 0.3) is 0 Å². The predicted octanol–water partition coefficient (Wildman–Crippen LogP) is 3.19. The summed E-state index contributed by atoms with van der Waals surface area (Å²) in [6, 6.07) is 14.2. The summed E-state index contributed by atoms with van der Waals surface area (Å²) in [5.41, 5.74) is 9.21. The molecule has 0 unspecified atom stereocenters. The second-order valence-electron chi connectivity index (χ2n) is 9.32. The molecule has 0 bridgehead atoms. The summed E-state index contributed by atoms with van der Waals surface area (Å²) in [4.78, 5) is 7.21. The maximum atomic E-state index is 9.63. The Balaban J connectivity index is 1.52. The number of ether oxygens (including phenoxy) is 1. The monoisotopic (exact) mass is 446 g/mol. The van der Waals surface area contributed by atoms with E-state index in [2.05, 4.69) is 34.3 Å². The molecule has 0 radical (unpaired) electrons. The first-order chi connectivity index (χ1) is 15.9. The number of hydrogen-bond donors (Lipinski definition) is 2. The summed E-state index contributed by atoms with van der Waals surface area (Å²) >= 11 is 0. The minimum absolute atomic E-state index is 0.000981. The SMILES string of the molecule is CC(C)Oc1cccc2ccc(-c3nnc4ccc([C@H](C)N5CC[C@](N)(CO)C5)cn34)nc12. The number of likely N-dealkylation sites (tertiary alicyclic amines) is 1. The van der Waals surface area contributed by atoms with Gasteiger partial charge in [-0.05, 0) is 51.0 Å². The van der Waals surface area contributed by atoms with Crippen molar-refractivity contribution in [2.75, 3.05) is 19.7 Å². The number of aromatic nitrogens is 4. The molecule has 0 spiro atoms.